The lowest BCUT2D eigenvalue weighted by Gasteiger charge is -2.33. The number of hydrogen-bond donors (Lipinski definition) is 3. The number of rotatable bonds is 4. The number of aromatic hydroxyl groups is 1. The van der Waals surface area contributed by atoms with Crippen molar-refractivity contribution in [2.45, 2.75) is 31.8 Å². The maximum Gasteiger partial charge on any atom is 0.404 e. The Morgan fingerprint density at radius 1 is 1.18 bits per heavy atom. The highest BCUT2D eigenvalue weighted by atomic mass is 35.5. The first-order chi connectivity index (χ1) is 15.5. The predicted molar refractivity (Wildman–Crippen MR) is 128 cm³/mol. The summed E-state index contributed by atoms with van der Waals surface area (Å²) in [4.78, 5) is 23.4. The number of fused-ring (bicyclic) bond motifs is 1. The molecular formula is C24H27ClN4O4. The predicted octanol–water partition coefficient (Wildman–Crippen LogP) is 3.98. The van der Waals surface area contributed by atoms with Gasteiger partial charge in [-0.1, -0.05) is 18.2 Å². The standard InChI is InChI=1S/C24H26N4O4.ClH/c1-14-6-7-16-19(12-14)25-22(17-4-2-3-5-20(17)29)27-23(16)28-10-8-18(26-24(30)31)21(28)15-9-11-32-13-15;/h2-7,12,15,18,21,26,29H,8-11,13H2,1H3,(H,30,31);1H. The molecule has 3 heterocycles. The van der Waals surface area contributed by atoms with E-state index in [0.29, 0.717) is 37.6 Å². The van der Waals surface area contributed by atoms with E-state index in [9.17, 15) is 15.0 Å². The summed E-state index contributed by atoms with van der Waals surface area (Å²) in [5.41, 5.74) is 2.44. The molecule has 0 radical (unpaired) electrons. The van der Waals surface area contributed by atoms with Gasteiger partial charge in [0.25, 0.3) is 0 Å². The summed E-state index contributed by atoms with van der Waals surface area (Å²) in [7, 11) is 0. The molecule has 8 nitrogen and oxygen atoms in total. The topological polar surface area (TPSA) is 108 Å². The van der Waals surface area contributed by atoms with Gasteiger partial charge in [-0.2, -0.15) is 0 Å². The molecule has 2 aliphatic heterocycles. The summed E-state index contributed by atoms with van der Waals surface area (Å²) in [6.45, 7) is 3.98. The number of aryl methyl sites for hydroxylation is 1. The number of phenolic OH excluding ortho intramolecular Hbond substituents is 1. The molecule has 3 aromatic rings. The van der Waals surface area contributed by atoms with E-state index in [-0.39, 0.29) is 36.2 Å². The van der Waals surface area contributed by atoms with Crippen molar-refractivity contribution in [2.75, 3.05) is 24.7 Å². The van der Waals surface area contributed by atoms with Crippen molar-refractivity contribution in [1.82, 2.24) is 15.3 Å². The summed E-state index contributed by atoms with van der Waals surface area (Å²) >= 11 is 0. The number of anilines is 1. The van der Waals surface area contributed by atoms with Crippen LogP contribution in [0.3, 0.4) is 0 Å². The number of phenols is 1. The van der Waals surface area contributed by atoms with E-state index < -0.39 is 6.09 Å². The lowest BCUT2D eigenvalue weighted by Crippen LogP contribution is -2.49. The molecule has 33 heavy (non-hydrogen) atoms. The number of nitrogens with one attached hydrogen (secondary N) is 1. The number of carbonyl (C=O) groups is 1. The molecule has 2 saturated heterocycles. The zero-order chi connectivity index (χ0) is 22.2. The normalized spacial score (nSPS) is 22.3. The van der Waals surface area contributed by atoms with Crippen molar-refractivity contribution in [3.8, 4) is 17.1 Å². The second-order valence-corrected chi connectivity index (χ2v) is 8.56. The minimum absolute atomic E-state index is 0. The Bertz CT molecular complexity index is 1170. The van der Waals surface area contributed by atoms with Crippen LogP contribution in [-0.4, -0.2) is 58.1 Å². The third kappa shape index (κ3) is 4.41. The SMILES string of the molecule is Cc1ccc2c(N3CCC(NC(=O)O)C3C3CCOC3)nc(-c3ccccc3O)nc2c1.Cl. The van der Waals surface area contributed by atoms with Crippen molar-refractivity contribution < 1.29 is 19.7 Å². The number of amides is 1. The van der Waals surface area contributed by atoms with Crippen LogP contribution in [0.15, 0.2) is 42.5 Å². The van der Waals surface area contributed by atoms with E-state index in [2.05, 4.69) is 10.2 Å². The van der Waals surface area contributed by atoms with Gasteiger partial charge in [-0.15, -0.1) is 12.4 Å². The molecule has 0 saturated carbocycles. The van der Waals surface area contributed by atoms with E-state index >= 15 is 0 Å². The molecule has 3 N–H and O–H groups in total. The Labute approximate surface area is 198 Å². The minimum Gasteiger partial charge on any atom is -0.507 e. The Morgan fingerprint density at radius 3 is 2.73 bits per heavy atom. The molecule has 1 aromatic heterocycles. The fourth-order valence-electron chi connectivity index (χ4n) is 5.01. The van der Waals surface area contributed by atoms with E-state index in [0.717, 1.165) is 28.7 Å². The monoisotopic (exact) mass is 470 g/mol. The minimum atomic E-state index is -1.01. The molecule has 2 aliphatic rings. The molecule has 2 aromatic carbocycles. The van der Waals surface area contributed by atoms with Gasteiger partial charge < -0.3 is 25.2 Å². The number of carboxylic acid groups (broad SMARTS) is 1. The van der Waals surface area contributed by atoms with Gasteiger partial charge in [0.2, 0.25) is 0 Å². The molecule has 1 amide bonds. The maximum absolute atomic E-state index is 11.5. The highest BCUT2D eigenvalue weighted by Crippen LogP contribution is 2.38. The summed E-state index contributed by atoms with van der Waals surface area (Å²) in [5.74, 6) is 1.54. The van der Waals surface area contributed by atoms with E-state index in [4.69, 9.17) is 14.7 Å². The van der Waals surface area contributed by atoms with Gasteiger partial charge in [0, 0.05) is 24.5 Å². The van der Waals surface area contributed by atoms with Crippen LogP contribution in [-0.2, 0) is 4.74 Å². The third-order valence-corrected chi connectivity index (χ3v) is 6.46. The van der Waals surface area contributed by atoms with Gasteiger partial charge in [-0.3, -0.25) is 0 Å². The van der Waals surface area contributed by atoms with Crippen molar-refractivity contribution >= 4 is 35.2 Å². The van der Waals surface area contributed by atoms with Crippen molar-refractivity contribution in [2.24, 2.45) is 5.92 Å². The van der Waals surface area contributed by atoms with Crippen LogP contribution in [0.2, 0.25) is 0 Å². The molecule has 5 rings (SSSR count). The molecule has 9 heteroatoms. The molecule has 0 aliphatic carbocycles. The summed E-state index contributed by atoms with van der Waals surface area (Å²) in [6.07, 6.45) is 0.559. The van der Waals surface area contributed by atoms with Gasteiger partial charge in [0.05, 0.1) is 29.8 Å². The molecule has 3 unspecified atom stereocenters. The zero-order valence-corrected chi connectivity index (χ0v) is 19.1. The highest BCUT2D eigenvalue weighted by Gasteiger charge is 2.43. The number of ether oxygens (including phenoxy) is 1. The zero-order valence-electron chi connectivity index (χ0n) is 18.3. The average Bonchev–Trinajstić information content (AvgIpc) is 3.42. The molecular weight excluding hydrogens is 444 g/mol. The number of halogens is 1. The lowest BCUT2D eigenvalue weighted by molar-refractivity contribution is 0.171. The highest BCUT2D eigenvalue weighted by molar-refractivity contribution is 5.92. The van der Waals surface area contributed by atoms with E-state index in [1.165, 1.54) is 0 Å². The second kappa shape index (κ2) is 9.41. The van der Waals surface area contributed by atoms with Crippen LogP contribution < -0.4 is 10.2 Å². The number of benzene rings is 2. The Kier molecular flexibility index (Phi) is 6.58. The van der Waals surface area contributed by atoms with E-state index in [1.807, 2.05) is 31.2 Å². The maximum atomic E-state index is 11.5. The van der Waals surface area contributed by atoms with Crippen molar-refractivity contribution in [3.63, 3.8) is 0 Å². The first-order valence-electron chi connectivity index (χ1n) is 10.9. The van der Waals surface area contributed by atoms with Crippen molar-refractivity contribution in [3.05, 3.63) is 48.0 Å². The van der Waals surface area contributed by atoms with Crippen LogP contribution in [0, 0.1) is 12.8 Å². The quantitative estimate of drug-likeness (QED) is 0.529. The second-order valence-electron chi connectivity index (χ2n) is 8.56. The number of hydrogen-bond acceptors (Lipinski definition) is 6. The number of nitrogens with zero attached hydrogens (tertiary/aromatic N) is 3. The number of para-hydroxylation sites is 1. The van der Waals surface area contributed by atoms with Crippen LogP contribution in [0.25, 0.3) is 22.3 Å². The van der Waals surface area contributed by atoms with E-state index in [1.54, 1.807) is 18.2 Å². The lowest BCUT2D eigenvalue weighted by atomic mass is 9.93. The fourth-order valence-corrected chi connectivity index (χ4v) is 5.01. The Hall–Kier alpha value is -3.10. The van der Waals surface area contributed by atoms with Gasteiger partial charge in [0.1, 0.15) is 11.6 Å². The van der Waals surface area contributed by atoms with Crippen LogP contribution in [0.5, 0.6) is 5.75 Å². The fraction of sp³-hybridized carbons (Fsp3) is 0.375. The summed E-state index contributed by atoms with van der Waals surface area (Å²) in [6, 6.07) is 12.8. The Morgan fingerprint density at radius 2 is 2.00 bits per heavy atom. The Balaban J connectivity index is 0.00000259. The van der Waals surface area contributed by atoms with Crippen LogP contribution in [0.4, 0.5) is 10.6 Å². The van der Waals surface area contributed by atoms with Crippen LogP contribution >= 0.6 is 12.4 Å². The summed E-state index contributed by atoms with van der Waals surface area (Å²) < 4.78 is 5.65. The summed E-state index contributed by atoms with van der Waals surface area (Å²) in [5, 5.41) is 23.5. The van der Waals surface area contributed by atoms with Gasteiger partial charge >= 0.3 is 6.09 Å². The first-order valence-corrected chi connectivity index (χ1v) is 10.9. The molecule has 0 spiro atoms. The largest absolute Gasteiger partial charge is 0.507 e. The van der Waals surface area contributed by atoms with Gasteiger partial charge in [-0.25, -0.2) is 14.8 Å². The molecule has 2 fully saturated rings. The molecule has 174 valence electrons. The van der Waals surface area contributed by atoms with Gasteiger partial charge in [0.15, 0.2) is 5.82 Å². The molecule has 0 bridgehead atoms. The van der Waals surface area contributed by atoms with Gasteiger partial charge in [-0.05, 0) is 49.6 Å². The first kappa shape index (κ1) is 23.1. The number of aromatic nitrogens is 2. The third-order valence-electron chi connectivity index (χ3n) is 6.46. The average molecular weight is 471 g/mol. The van der Waals surface area contributed by atoms with Crippen molar-refractivity contribution in [1.29, 1.82) is 0 Å². The van der Waals surface area contributed by atoms with Crippen LogP contribution in [0.1, 0.15) is 18.4 Å². The molecule has 3 atom stereocenters. The smallest absolute Gasteiger partial charge is 0.404 e.